The first kappa shape index (κ1) is 45.3. The van der Waals surface area contributed by atoms with Crippen LogP contribution in [0.15, 0.2) is 58.6 Å². The molecule has 1 aliphatic heterocycles. The summed E-state index contributed by atoms with van der Waals surface area (Å²) < 4.78 is 19.7. The van der Waals surface area contributed by atoms with Gasteiger partial charge in [0, 0.05) is 52.8 Å². The number of fused-ring (bicyclic) bond motifs is 5. The van der Waals surface area contributed by atoms with Gasteiger partial charge in [0.05, 0.1) is 43.0 Å². The van der Waals surface area contributed by atoms with Gasteiger partial charge in [-0.15, -0.1) is 45.3 Å². The van der Waals surface area contributed by atoms with Gasteiger partial charge in [0.2, 0.25) is 0 Å². The molecular formula is C50H60N6S7. The largest absolute Gasteiger partial charge is 0.252 e. The topological polar surface area (TPSA) is 77.3 Å². The standard InChI is InChI=1S/C50H60N6S7/c1-5-9-13-17-21-33-23-25-37(57-33)35-31-51-45(47-43(35)53-61-55-47)39-29-41-49(59-39)50-42(63(41,27-19-15-11-7-3)28-20-16-12-8-4)30-40(60-50)46-48-44(54-62-56-48)36(32-52-46)38-26-24-34(58-38)22-18-14-10-6-2/h23-26,29-32H,5-22,27-28H2,1-4H3. The van der Waals surface area contributed by atoms with E-state index in [0.717, 1.165) is 57.4 Å². The van der Waals surface area contributed by atoms with Crippen molar-refractivity contribution in [2.45, 2.75) is 153 Å². The van der Waals surface area contributed by atoms with Gasteiger partial charge in [-0.25, -0.2) is 0 Å². The van der Waals surface area contributed by atoms with Crippen LogP contribution in [0, 0.1) is 0 Å². The number of hydrogen-bond donors (Lipinski definition) is 0. The highest BCUT2D eigenvalue weighted by atomic mass is 32.3. The Morgan fingerprint density at radius 2 is 0.841 bits per heavy atom. The summed E-state index contributed by atoms with van der Waals surface area (Å²) in [7, 11) is -1.31. The normalized spacial score (nSPS) is 13.7. The predicted octanol–water partition coefficient (Wildman–Crippen LogP) is 18.0. The molecule has 0 saturated carbocycles. The van der Waals surface area contributed by atoms with Crippen molar-refractivity contribution in [3.8, 4) is 51.8 Å². The average Bonchev–Trinajstić information content (AvgIpc) is 4.17. The van der Waals surface area contributed by atoms with Crippen LogP contribution in [0.4, 0.5) is 0 Å². The molecule has 8 aromatic rings. The predicted molar refractivity (Wildman–Crippen MR) is 280 cm³/mol. The lowest BCUT2D eigenvalue weighted by Gasteiger charge is -2.37. The van der Waals surface area contributed by atoms with Crippen LogP contribution in [-0.2, 0) is 12.8 Å². The summed E-state index contributed by atoms with van der Waals surface area (Å²) in [6, 6.07) is 14.3. The summed E-state index contributed by atoms with van der Waals surface area (Å²) in [5.74, 6) is 2.48. The van der Waals surface area contributed by atoms with Crippen LogP contribution < -0.4 is 0 Å². The number of thiophene rings is 4. The minimum absolute atomic E-state index is 0.936. The molecule has 0 bridgehead atoms. The lowest BCUT2D eigenvalue weighted by molar-refractivity contribution is 0.670. The third-order valence-electron chi connectivity index (χ3n) is 12.6. The summed E-state index contributed by atoms with van der Waals surface area (Å²) in [6.45, 7) is 9.21. The third-order valence-corrected chi connectivity index (χ3v) is 23.0. The van der Waals surface area contributed by atoms with Crippen LogP contribution >= 0.6 is 78.8 Å². The molecule has 1 aliphatic rings. The van der Waals surface area contributed by atoms with Crippen LogP contribution in [0.1, 0.15) is 140 Å². The quantitative estimate of drug-likeness (QED) is 0.0562. The lowest BCUT2D eigenvalue weighted by atomic mass is 10.1. The smallest absolute Gasteiger partial charge is 0.132 e. The van der Waals surface area contributed by atoms with Crippen LogP contribution in [0.5, 0.6) is 0 Å². The van der Waals surface area contributed by atoms with Crippen molar-refractivity contribution >= 4 is 101 Å². The molecule has 0 radical (unpaired) electrons. The fraction of sp³-hybridized carbons (Fsp3) is 0.480. The Bertz CT molecular complexity index is 2560. The Balaban J connectivity index is 1.09. The Morgan fingerprint density at radius 3 is 1.27 bits per heavy atom. The number of rotatable bonds is 24. The van der Waals surface area contributed by atoms with Crippen LogP contribution in [0.25, 0.3) is 73.8 Å². The molecule has 13 heteroatoms. The van der Waals surface area contributed by atoms with E-state index < -0.39 is 10.0 Å². The minimum Gasteiger partial charge on any atom is -0.252 e. The number of aryl methyl sites for hydroxylation is 2. The van der Waals surface area contributed by atoms with E-state index in [2.05, 4.69) is 76.5 Å². The zero-order valence-electron chi connectivity index (χ0n) is 37.3. The summed E-state index contributed by atoms with van der Waals surface area (Å²) >= 11 is 10.3. The molecule has 0 aliphatic carbocycles. The first-order valence-corrected chi connectivity index (χ1v) is 30.2. The first-order valence-electron chi connectivity index (χ1n) is 23.5. The van der Waals surface area contributed by atoms with Gasteiger partial charge >= 0.3 is 0 Å². The SMILES string of the molecule is CCCCCCc1ccc(-c2cnc(-c3cc4c(s3)-c3sc(-c5ncc(-c6ccc(CCCCCC)s6)c6nsnc56)cc3S4(CCCCCC)CCCCCC)c3nsnc23)s1. The summed E-state index contributed by atoms with van der Waals surface area (Å²) in [5, 5.41) is 0. The Labute approximate surface area is 400 Å². The van der Waals surface area contributed by atoms with Gasteiger partial charge in [0.1, 0.15) is 33.5 Å². The molecule has 6 nitrogen and oxygen atoms in total. The van der Waals surface area contributed by atoms with Crippen LogP contribution in [0.2, 0.25) is 0 Å². The van der Waals surface area contributed by atoms with Crippen molar-refractivity contribution in [3.05, 3.63) is 58.5 Å². The van der Waals surface area contributed by atoms with E-state index in [9.17, 15) is 0 Å². The van der Waals surface area contributed by atoms with E-state index in [1.54, 1.807) is 9.79 Å². The Morgan fingerprint density at radius 1 is 0.429 bits per heavy atom. The van der Waals surface area contributed by atoms with Crippen LogP contribution in [0.3, 0.4) is 0 Å². The second kappa shape index (κ2) is 21.2. The highest BCUT2D eigenvalue weighted by molar-refractivity contribution is 8.34. The van der Waals surface area contributed by atoms with E-state index in [0.29, 0.717) is 0 Å². The first-order chi connectivity index (χ1) is 31.1. The van der Waals surface area contributed by atoms with Crippen molar-refractivity contribution in [3.63, 3.8) is 0 Å². The van der Waals surface area contributed by atoms with Crippen LogP contribution in [-0.4, -0.2) is 39.0 Å². The Kier molecular flexibility index (Phi) is 15.2. The molecule has 0 atom stereocenters. The molecule has 0 N–H and O–H groups in total. The van der Waals surface area contributed by atoms with E-state index in [1.165, 1.54) is 177 Å². The molecule has 9 heterocycles. The van der Waals surface area contributed by atoms with Gasteiger partial charge < -0.3 is 0 Å². The molecule has 63 heavy (non-hydrogen) atoms. The van der Waals surface area contributed by atoms with Crippen molar-refractivity contribution in [2.24, 2.45) is 0 Å². The van der Waals surface area contributed by atoms with E-state index >= 15 is 0 Å². The highest BCUT2D eigenvalue weighted by Gasteiger charge is 2.42. The molecule has 9 rings (SSSR count). The minimum atomic E-state index is -1.31. The number of aromatic nitrogens is 6. The maximum Gasteiger partial charge on any atom is 0.132 e. The van der Waals surface area contributed by atoms with Gasteiger partial charge in [-0.3, -0.25) is 9.97 Å². The Hall–Kier alpha value is -2.91. The average molecular weight is 970 g/mol. The van der Waals surface area contributed by atoms with Gasteiger partial charge in [-0.05, 0) is 86.4 Å². The number of nitrogens with zero attached hydrogens (tertiary/aromatic N) is 6. The van der Waals surface area contributed by atoms with E-state index in [4.69, 9.17) is 27.5 Å². The number of unbranched alkanes of at least 4 members (excludes halogenated alkanes) is 12. The lowest BCUT2D eigenvalue weighted by Crippen LogP contribution is -2.09. The summed E-state index contributed by atoms with van der Waals surface area (Å²) in [6.07, 6.45) is 26.9. The van der Waals surface area contributed by atoms with Crippen molar-refractivity contribution < 1.29 is 0 Å². The molecule has 0 saturated heterocycles. The fourth-order valence-electron chi connectivity index (χ4n) is 9.12. The number of pyridine rings is 2. The van der Waals surface area contributed by atoms with E-state index in [-0.39, 0.29) is 0 Å². The van der Waals surface area contributed by atoms with Gasteiger partial charge in [-0.1, -0.05) is 105 Å². The molecule has 332 valence electrons. The summed E-state index contributed by atoms with van der Waals surface area (Å²) in [5.41, 5.74) is 8.01. The second-order valence-electron chi connectivity index (χ2n) is 17.1. The molecule has 0 fully saturated rings. The summed E-state index contributed by atoms with van der Waals surface area (Å²) in [4.78, 5) is 24.4. The van der Waals surface area contributed by atoms with Gasteiger partial charge in [-0.2, -0.15) is 27.5 Å². The molecule has 0 amide bonds. The second-order valence-corrected chi connectivity index (χ2v) is 26.1. The number of hydrogen-bond acceptors (Lipinski definition) is 12. The van der Waals surface area contributed by atoms with Crippen molar-refractivity contribution in [1.82, 2.24) is 27.5 Å². The molecule has 0 spiro atoms. The van der Waals surface area contributed by atoms with Crippen molar-refractivity contribution in [1.29, 1.82) is 0 Å². The maximum absolute atomic E-state index is 5.26. The molecule has 0 aromatic carbocycles. The van der Waals surface area contributed by atoms with Gasteiger partial charge in [0.25, 0.3) is 0 Å². The molecular weight excluding hydrogens is 909 g/mol. The maximum atomic E-state index is 5.26. The monoisotopic (exact) mass is 968 g/mol. The highest BCUT2D eigenvalue weighted by Crippen LogP contribution is 2.76. The fourth-order valence-corrected chi connectivity index (χ4v) is 20.4. The molecule has 0 unspecified atom stereocenters. The molecule has 8 aromatic heterocycles. The van der Waals surface area contributed by atoms with Gasteiger partial charge in [0.15, 0.2) is 0 Å². The van der Waals surface area contributed by atoms with E-state index in [1.807, 2.05) is 45.3 Å². The van der Waals surface area contributed by atoms with Crippen molar-refractivity contribution in [2.75, 3.05) is 11.5 Å². The zero-order valence-corrected chi connectivity index (χ0v) is 43.0. The third kappa shape index (κ3) is 9.41. The zero-order chi connectivity index (χ0) is 43.2.